The third-order valence-electron chi connectivity index (χ3n) is 9.61. The number of nitrogens with two attached hydrogens (primary N) is 1. The van der Waals surface area contributed by atoms with Crippen molar-refractivity contribution in [1.82, 2.24) is 0 Å². The fourth-order valence-corrected chi connectivity index (χ4v) is 7.20. The maximum absolute atomic E-state index is 12.6. The van der Waals surface area contributed by atoms with Crippen LogP contribution in [0.1, 0.15) is 149 Å². The molecule has 1 aliphatic carbocycles. The van der Waals surface area contributed by atoms with E-state index in [2.05, 4.69) is 50.3 Å². The average molecular weight is 812 g/mol. The lowest BCUT2D eigenvalue weighted by atomic mass is 9.88. The van der Waals surface area contributed by atoms with Crippen molar-refractivity contribution >= 4 is 25.5 Å². The van der Waals surface area contributed by atoms with Gasteiger partial charge >= 0.3 is 19.8 Å². The normalized spacial score (nSPS) is 19.8. The molecule has 1 rings (SSSR count). The molecule has 0 aromatic carbocycles. The van der Waals surface area contributed by atoms with Crippen molar-refractivity contribution in [3.63, 3.8) is 0 Å². The van der Waals surface area contributed by atoms with E-state index in [1.54, 1.807) is 12.2 Å². The second kappa shape index (κ2) is 33.5. The Morgan fingerprint density at radius 1 is 0.839 bits per heavy atom. The molecule has 6 atom stereocenters. The molecule has 1 unspecified atom stereocenters. The van der Waals surface area contributed by atoms with Crippen LogP contribution in [-0.2, 0) is 37.5 Å². The van der Waals surface area contributed by atoms with Crippen LogP contribution in [0, 0.1) is 11.8 Å². The highest BCUT2D eigenvalue weighted by atomic mass is 31.2. The molecule has 0 aromatic rings. The molecule has 5 N–H and O–H groups in total. The summed E-state index contributed by atoms with van der Waals surface area (Å²) in [4.78, 5) is 47.5. The first-order valence-electron chi connectivity index (χ1n) is 21.2. The van der Waals surface area contributed by atoms with Crippen molar-refractivity contribution in [2.45, 2.75) is 167 Å². The number of ketones is 1. The zero-order valence-corrected chi connectivity index (χ0v) is 35.2. The Morgan fingerprint density at radius 3 is 2.18 bits per heavy atom. The summed E-state index contributed by atoms with van der Waals surface area (Å²) in [5.74, 6) is -1.58. The number of Topliss-reactive ketones (excluding diaryl/α,β-unsaturated/α-hetero) is 1. The number of carbonyl (C=O) groups is 3. The largest absolute Gasteiger partial charge is 0.472 e. The maximum atomic E-state index is 12.6. The van der Waals surface area contributed by atoms with Gasteiger partial charge < -0.3 is 30.3 Å². The van der Waals surface area contributed by atoms with Crippen LogP contribution in [0.15, 0.2) is 48.6 Å². The average Bonchev–Trinajstić information content (AvgIpc) is 3.44. The number of allylic oxidation sites excluding steroid dienone is 7. The van der Waals surface area contributed by atoms with Gasteiger partial charge in [-0.2, -0.15) is 0 Å². The van der Waals surface area contributed by atoms with E-state index in [9.17, 15) is 34.1 Å². The molecule has 0 bridgehead atoms. The SMILES string of the molecule is CC/C=C\C/C=C\C/C=C\CCCCCCCC(=O)O[C@H](COC(=O)CCCCCC[C@H]1[C@@H](O)CC(=O)[C@@H]1/C=C/[C@@H](O)CCCCC)COP(=O)(O)OCCN. The van der Waals surface area contributed by atoms with E-state index in [1.807, 2.05) is 0 Å². The number of hydrogen-bond donors (Lipinski definition) is 4. The minimum Gasteiger partial charge on any atom is -0.462 e. The molecule has 0 heterocycles. The van der Waals surface area contributed by atoms with Gasteiger partial charge in [-0.15, -0.1) is 0 Å². The highest BCUT2D eigenvalue weighted by Crippen LogP contribution is 2.43. The predicted octanol–water partition coefficient (Wildman–Crippen LogP) is 8.53. The van der Waals surface area contributed by atoms with Crippen molar-refractivity contribution in [3.8, 4) is 0 Å². The van der Waals surface area contributed by atoms with Gasteiger partial charge in [0.15, 0.2) is 6.10 Å². The lowest BCUT2D eigenvalue weighted by Crippen LogP contribution is -2.29. The predicted molar refractivity (Wildman–Crippen MR) is 220 cm³/mol. The lowest BCUT2D eigenvalue weighted by Gasteiger charge is -2.20. The number of carbonyl (C=O) groups excluding carboxylic acids is 3. The summed E-state index contributed by atoms with van der Waals surface area (Å²) in [7, 11) is -4.44. The monoisotopic (exact) mass is 811 g/mol. The van der Waals surface area contributed by atoms with E-state index >= 15 is 0 Å². The van der Waals surface area contributed by atoms with E-state index in [1.165, 1.54) is 0 Å². The van der Waals surface area contributed by atoms with Crippen LogP contribution in [0.3, 0.4) is 0 Å². The molecule has 56 heavy (non-hydrogen) atoms. The third-order valence-corrected chi connectivity index (χ3v) is 10.6. The van der Waals surface area contributed by atoms with Gasteiger partial charge in [-0.3, -0.25) is 23.4 Å². The number of phosphoric acid groups is 1. The van der Waals surface area contributed by atoms with Crippen LogP contribution in [0.2, 0.25) is 0 Å². The molecule has 0 spiro atoms. The summed E-state index contributed by atoms with van der Waals surface area (Å²) in [5.41, 5.74) is 5.34. The molecule has 0 amide bonds. The van der Waals surface area contributed by atoms with Crippen LogP contribution in [0.5, 0.6) is 0 Å². The molecular weight excluding hydrogens is 737 g/mol. The van der Waals surface area contributed by atoms with E-state index in [4.69, 9.17) is 24.3 Å². The molecule has 0 aliphatic heterocycles. The highest BCUT2D eigenvalue weighted by molar-refractivity contribution is 7.47. The van der Waals surface area contributed by atoms with Gasteiger partial charge in [0.05, 0.1) is 25.4 Å². The molecule has 12 nitrogen and oxygen atoms in total. The number of aliphatic hydroxyl groups is 2. The standard InChI is InChI=1S/C43H74NO11P/c1-3-5-7-8-9-10-11-12-13-14-15-16-17-18-24-28-43(49)55-37(35-54-56(50,51)53-32-31-44)34-52-42(48)27-23-20-19-22-26-38-39(41(47)33-40(38)46)30-29-36(45)25-21-6-4-2/h5,7,9-10,12-13,29-30,36-40,45-46H,3-4,6,8,11,14-28,31-35,44H2,1-2H3,(H,50,51)/b7-5-,10-9-,13-12-,30-29+/t36-,37+,38+,39+,40-/m0/s1. The Kier molecular flexibility index (Phi) is 30.9. The molecule has 0 aromatic heterocycles. The first-order valence-corrected chi connectivity index (χ1v) is 22.7. The van der Waals surface area contributed by atoms with Crippen LogP contribution >= 0.6 is 7.82 Å². The van der Waals surface area contributed by atoms with Crippen molar-refractivity contribution in [3.05, 3.63) is 48.6 Å². The minimum absolute atomic E-state index is 0.00168. The van der Waals surface area contributed by atoms with Gasteiger partial charge in [0.2, 0.25) is 0 Å². The smallest absolute Gasteiger partial charge is 0.462 e. The number of hydrogen-bond acceptors (Lipinski definition) is 11. The van der Waals surface area contributed by atoms with Crippen LogP contribution in [0.4, 0.5) is 0 Å². The van der Waals surface area contributed by atoms with E-state index in [-0.39, 0.29) is 50.7 Å². The first kappa shape index (κ1) is 51.6. The van der Waals surface area contributed by atoms with Crippen LogP contribution < -0.4 is 5.73 Å². The summed E-state index contributed by atoms with van der Waals surface area (Å²) < 4.78 is 32.7. The quantitative estimate of drug-likeness (QED) is 0.0207. The summed E-state index contributed by atoms with van der Waals surface area (Å²) in [5, 5.41) is 20.7. The van der Waals surface area contributed by atoms with Gasteiger partial charge in [0.1, 0.15) is 12.4 Å². The number of aliphatic hydroxyl groups excluding tert-OH is 2. The molecule has 13 heteroatoms. The highest BCUT2D eigenvalue weighted by Gasteiger charge is 2.39. The summed E-state index contributed by atoms with van der Waals surface area (Å²) in [6.07, 6.45) is 30.5. The molecule has 322 valence electrons. The Morgan fingerprint density at radius 2 is 1.48 bits per heavy atom. The Balaban J connectivity index is 2.40. The van der Waals surface area contributed by atoms with Crippen molar-refractivity contribution in [1.29, 1.82) is 0 Å². The molecule has 1 fully saturated rings. The minimum atomic E-state index is -4.44. The lowest BCUT2D eigenvalue weighted by molar-refractivity contribution is -0.161. The molecule has 0 radical (unpaired) electrons. The zero-order valence-electron chi connectivity index (χ0n) is 34.3. The number of ether oxygens (including phenoxy) is 2. The zero-order chi connectivity index (χ0) is 41.3. The van der Waals surface area contributed by atoms with Crippen molar-refractivity contribution in [2.24, 2.45) is 17.6 Å². The number of esters is 2. The van der Waals surface area contributed by atoms with Gasteiger partial charge in [-0.25, -0.2) is 4.57 Å². The Hall–Kier alpha value is -2.44. The topological polar surface area (TPSA) is 192 Å². The van der Waals surface area contributed by atoms with E-state index in [0.717, 1.165) is 89.9 Å². The second-order valence-corrected chi connectivity index (χ2v) is 16.1. The van der Waals surface area contributed by atoms with Crippen molar-refractivity contribution < 1.29 is 52.6 Å². The molecule has 1 saturated carbocycles. The van der Waals surface area contributed by atoms with Crippen LogP contribution in [-0.4, -0.2) is 77.5 Å². The first-order chi connectivity index (χ1) is 27.0. The fourth-order valence-electron chi connectivity index (χ4n) is 6.43. The van der Waals surface area contributed by atoms with Gasteiger partial charge in [0.25, 0.3) is 0 Å². The maximum Gasteiger partial charge on any atom is 0.472 e. The molecular formula is C43H74NO11P. The number of rotatable bonds is 35. The number of unbranched alkanes of at least 4 members (excludes halogenated alkanes) is 10. The van der Waals surface area contributed by atoms with Gasteiger partial charge in [0, 0.05) is 31.7 Å². The Labute approximate surface area is 337 Å². The second-order valence-electron chi connectivity index (χ2n) is 14.6. The van der Waals surface area contributed by atoms with Crippen LogP contribution in [0.25, 0.3) is 0 Å². The molecule has 1 aliphatic rings. The van der Waals surface area contributed by atoms with Gasteiger partial charge in [-0.1, -0.05) is 120 Å². The van der Waals surface area contributed by atoms with Gasteiger partial charge in [-0.05, 0) is 63.7 Å². The third kappa shape index (κ3) is 27.2. The molecule has 0 saturated heterocycles. The fraction of sp³-hybridized carbons (Fsp3) is 0.744. The summed E-state index contributed by atoms with van der Waals surface area (Å²) >= 11 is 0. The Bertz CT molecular complexity index is 1220. The summed E-state index contributed by atoms with van der Waals surface area (Å²) in [6.45, 7) is 3.21. The van der Waals surface area contributed by atoms with E-state index in [0.29, 0.717) is 25.7 Å². The summed E-state index contributed by atoms with van der Waals surface area (Å²) in [6, 6.07) is 0. The number of phosphoric ester groups is 1. The van der Waals surface area contributed by atoms with E-state index < -0.39 is 50.6 Å². The van der Waals surface area contributed by atoms with Crippen molar-refractivity contribution in [2.75, 3.05) is 26.4 Å².